The van der Waals surface area contributed by atoms with Crippen LogP contribution in [0.25, 0.3) is 0 Å². The zero-order valence-electron chi connectivity index (χ0n) is 10.8. The molecular weight excluding hydrogens is 204 g/mol. The molecule has 94 valence electrons. The predicted octanol–water partition coefficient (Wildman–Crippen LogP) is 1.98. The van der Waals surface area contributed by atoms with Crippen LogP contribution in [-0.2, 0) is 4.74 Å². The second-order valence-corrected chi connectivity index (χ2v) is 5.60. The van der Waals surface area contributed by atoms with Crippen molar-refractivity contribution in [3.8, 4) is 0 Å². The van der Waals surface area contributed by atoms with E-state index in [0.29, 0.717) is 12.5 Å². The standard InChI is InChI=1S/C12H24N2O2/c1-5-6-9-7-14(8-10(9)13)11(15)16-12(2,3)4/h9-10H,5-8,13H2,1-4H3. The molecule has 0 spiro atoms. The van der Waals surface area contributed by atoms with E-state index in [9.17, 15) is 4.79 Å². The average Bonchev–Trinajstić information content (AvgIpc) is 2.46. The maximum Gasteiger partial charge on any atom is 0.410 e. The third-order valence-electron chi connectivity index (χ3n) is 2.80. The molecule has 1 rings (SSSR count). The van der Waals surface area contributed by atoms with Gasteiger partial charge in [-0.25, -0.2) is 4.79 Å². The van der Waals surface area contributed by atoms with E-state index in [4.69, 9.17) is 10.5 Å². The summed E-state index contributed by atoms with van der Waals surface area (Å²) in [4.78, 5) is 13.5. The molecule has 0 aromatic heterocycles. The van der Waals surface area contributed by atoms with Gasteiger partial charge in [0, 0.05) is 19.1 Å². The summed E-state index contributed by atoms with van der Waals surface area (Å²) in [6.45, 7) is 9.14. The Morgan fingerprint density at radius 3 is 2.56 bits per heavy atom. The Morgan fingerprint density at radius 2 is 2.06 bits per heavy atom. The molecule has 4 nitrogen and oxygen atoms in total. The molecule has 1 fully saturated rings. The lowest BCUT2D eigenvalue weighted by atomic mass is 9.99. The van der Waals surface area contributed by atoms with Crippen molar-refractivity contribution in [3.05, 3.63) is 0 Å². The molecule has 1 saturated heterocycles. The minimum Gasteiger partial charge on any atom is -0.444 e. The first-order chi connectivity index (χ1) is 7.33. The fraction of sp³-hybridized carbons (Fsp3) is 0.917. The van der Waals surface area contributed by atoms with Crippen molar-refractivity contribution in [1.29, 1.82) is 0 Å². The zero-order valence-corrected chi connectivity index (χ0v) is 10.8. The summed E-state index contributed by atoms with van der Waals surface area (Å²) in [5.41, 5.74) is 5.58. The van der Waals surface area contributed by atoms with Crippen molar-refractivity contribution >= 4 is 6.09 Å². The molecule has 1 aliphatic rings. The second-order valence-electron chi connectivity index (χ2n) is 5.60. The normalized spacial score (nSPS) is 25.9. The van der Waals surface area contributed by atoms with Gasteiger partial charge in [-0.1, -0.05) is 13.3 Å². The number of hydrogen-bond donors (Lipinski definition) is 1. The van der Waals surface area contributed by atoms with Crippen molar-refractivity contribution in [2.24, 2.45) is 11.7 Å². The Kier molecular flexibility index (Phi) is 4.19. The number of hydrogen-bond acceptors (Lipinski definition) is 3. The van der Waals surface area contributed by atoms with Gasteiger partial charge in [-0.05, 0) is 33.1 Å². The molecule has 0 bridgehead atoms. The molecule has 2 atom stereocenters. The van der Waals surface area contributed by atoms with E-state index < -0.39 is 5.60 Å². The van der Waals surface area contributed by atoms with E-state index in [1.54, 1.807) is 4.90 Å². The van der Waals surface area contributed by atoms with Gasteiger partial charge in [-0.15, -0.1) is 0 Å². The van der Waals surface area contributed by atoms with E-state index in [1.165, 1.54) is 0 Å². The number of rotatable bonds is 2. The molecule has 2 unspecified atom stereocenters. The first-order valence-electron chi connectivity index (χ1n) is 6.07. The van der Waals surface area contributed by atoms with E-state index in [1.807, 2.05) is 20.8 Å². The lowest BCUT2D eigenvalue weighted by molar-refractivity contribution is 0.0286. The first-order valence-corrected chi connectivity index (χ1v) is 6.07. The van der Waals surface area contributed by atoms with Crippen LogP contribution in [0, 0.1) is 5.92 Å². The predicted molar refractivity (Wildman–Crippen MR) is 64.2 cm³/mol. The topological polar surface area (TPSA) is 55.6 Å². The van der Waals surface area contributed by atoms with Gasteiger partial charge in [0.1, 0.15) is 5.60 Å². The fourth-order valence-corrected chi connectivity index (χ4v) is 2.05. The minimum absolute atomic E-state index is 0.104. The molecule has 1 aliphatic heterocycles. The van der Waals surface area contributed by atoms with E-state index in [-0.39, 0.29) is 12.1 Å². The highest BCUT2D eigenvalue weighted by molar-refractivity contribution is 5.68. The highest BCUT2D eigenvalue weighted by Gasteiger charge is 2.34. The van der Waals surface area contributed by atoms with Crippen LogP contribution in [0.3, 0.4) is 0 Å². The molecule has 2 N–H and O–H groups in total. The summed E-state index contributed by atoms with van der Waals surface area (Å²) in [5, 5.41) is 0. The van der Waals surface area contributed by atoms with E-state index >= 15 is 0 Å². The summed E-state index contributed by atoms with van der Waals surface area (Å²) < 4.78 is 5.33. The fourth-order valence-electron chi connectivity index (χ4n) is 2.05. The Morgan fingerprint density at radius 1 is 1.44 bits per heavy atom. The molecule has 0 aliphatic carbocycles. The number of amides is 1. The third-order valence-corrected chi connectivity index (χ3v) is 2.80. The van der Waals surface area contributed by atoms with E-state index in [0.717, 1.165) is 19.4 Å². The quantitative estimate of drug-likeness (QED) is 0.786. The van der Waals surface area contributed by atoms with Crippen molar-refractivity contribution in [3.63, 3.8) is 0 Å². The monoisotopic (exact) mass is 228 g/mol. The van der Waals surface area contributed by atoms with Crippen molar-refractivity contribution in [1.82, 2.24) is 4.90 Å². The molecule has 0 aromatic carbocycles. The Hall–Kier alpha value is -0.770. The average molecular weight is 228 g/mol. The smallest absolute Gasteiger partial charge is 0.410 e. The van der Waals surface area contributed by atoms with Gasteiger partial charge >= 0.3 is 6.09 Å². The molecule has 1 heterocycles. The van der Waals surface area contributed by atoms with Crippen LogP contribution in [0.15, 0.2) is 0 Å². The SMILES string of the molecule is CCCC1CN(C(=O)OC(C)(C)C)CC1N. The number of carbonyl (C=O) groups excluding carboxylic acids is 1. The van der Waals surface area contributed by atoms with Crippen LogP contribution in [0.4, 0.5) is 4.79 Å². The van der Waals surface area contributed by atoms with Crippen molar-refractivity contribution in [2.75, 3.05) is 13.1 Å². The van der Waals surface area contributed by atoms with Gasteiger partial charge in [0.15, 0.2) is 0 Å². The number of likely N-dealkylation sites (tertiary alicyclic amines) is 1. The molecule has 1 amide bonds. The minimum atomic E-state index is -0.427. The van der Waals surface area contributed by atoms with Gasteiger partial charge in [0.2, 0.25) is 0 Å². The largest absolute Gasteiger partial charge is 0.444 e. The van der Waals surface area contributed by atoms with Crippen LogP contribution in [0.5, 0.6) is 0 Å². The van der Waals surface area contributed by atoms with E-state index in [2.05, 4.69) is 6.92 Å². The number of nitrogens with two attached hydrogens (primary N) is 1. The van der Waals surface area contributed by atoms with Gasteiger partial charge < -0.3 is 15.4 Å². The van der Waals surface area contributed by atoms with Crippen molar-refractivity contribution < 1.29 is 9.53 Å². The Balaban J connectivity index is 2.48. The van der Waals surface area contributed by atoms with Gasteiger partial charge in [-0.2, -0.15) is 0 Å². The van der Waals surface area contributed by atoms with Gasteiger partial charge in [0.25, 0.3) is 0 Å². The third kappa shape index (κ3) is 3.67. The molecule has 0 saturated carbocycles. The molecule has 0 aromatic rings. The number of nitrogens with zero attached hydrogens (tertiary/aromatic N) is 1. The van der Waals surface area contributed by atoms with Crippen LogP contribution < -0.4 is 5.73 Å². The van der Waals surface area contributed by atoms with Gasteiger partial charge in [0.05, 0.1) is 0 Å². The Labute approximate surface area is 98.1 Å². The zero-order chi connectivity index (χ0) is 12.3. The lowest BCUT2D eigenvalue weighted by Crippen LogP contribution is -2.36. The summed E-state index contributed by atoms with van der Waals surface area (Å²) in [6, 6.07) is 0.104. The van der Waals surface area contributed by atoms with Crippen LogP contribution in [0.2, 0.25) is 0 Å². The van der Waals surface area contributed by atoms with Crippen LogP contribution >= 0.6 is 0 Å². The first kappa shape index (κ1) is 13.3. The van der Waals surface area contributed by atoms with Crippen molar-refractivity contribution in [2.45, 2.75) is 52.2 Å². The highest BCUT2D eigenvalue weighted by Crippen LogP contribution is 2.22. The Bertz CT molecular complexity index is 248. The summed E-state index contributed by atoms with van der Waals surface area (Å²) in [7, 11) is 0. The summed E-state index contributed by atoms with van der Waals surface area (Å²) in [5.74, 6) is 0.428. The number of carbonyl (C=O) groups is 1. The lowest BCUT2D eigenvalue weighted by Gasteiger charge is -2.24. The summed E-state index contributed by atoms with van der Waals surface area (Å²) in [6.07, 6.45) is 1.96. The maximum absolute atomic E-state index is 11.8. The highest BCUT2D eigenvalue weighted by atomic mass is 16.6. The maximum atomic E-state index is 11.8. The molecular formula is C12H24N2O2. The van der Waals surface area contributed by atoms with Gasteiger partial charge in [-0.3, -0.25) is 0 Å². The molecule has 4 heteroatoms. The molecule has 16 heavy (non-hydrogen) atoms. The molecule has 0 radical (unpaired) electrons. The van der Waals surface area contributed by atoms with Crippen LogP contribution in [0.1, 0.15) is 40.5 Å². The number of ether oxygens (including phenoxy) is 1. The second kappa shape index (κ2) is 5.04. The van der Waals surface area contributed by atoms with Crippen LogP contribution in [-0.4, -0.2) is 35.7 Å². The summed E-state index contributed by atoms with van der Waals surface area (Å²) >= 11 is 0.